The normalized spacial score (nSPS) is 22.3. The number of nitrogens with zero attached hydrogens (tertiary/aromatic N) is 1. The summed E-state index contributed by atoms with van der Waals surface area (Å²) in [5.74, 6) is 0. The van der Waals surface area contributed by atoms with Crippen molar-refractivity contribution in [2.45, 2.75) is 44.2 Å². The van der Waals surface area contributed by atoms with Gasteiger partial charge in [-0.1, -0.05) is 17.7 Å². The van der Waals surface area contributed by atoms with Crippen molar-refractivity contribution >= 4 is 10.0 Å². The number of rotatable bonds is 2. The quantitative estimate of drug-likeness (QED) is 0.900. The second-order valence-electron chi connectivity index (χ2n) is 6.40. The lowest BCUT2D eigenvalue weighted by atomic mass is 10.0. The van der Waals surface area contributed by atoms with Crippen molar-refractivity contribution in [1.82, 2.24) is 9.62 Å². The molecular formula is C16H24N2O3S. The summed E-state index contributed by atoms with van der Waals surface area (Å²) in [6.45, 7) is 8.31. The minimum absolute atomic E-state index is 0.302. The van der Waals surface area contributed by atoms with E-state index in [2.05, 4.69) is 5.32 Å². The zero-order valence-corrected chi connectivity index (χ0v) is 14.3. The fraction of sp³-hybridized carbons (Fsp3) is 0.625. The van der Waals surface area contributed by atoms with E-state index in [-0.39, 0.29) is 5.72 Å². The van der Waals surface area contributed by atoms with Crippen LogP contribution in [-0.2, 0) is 14.8 Å². The minimum atomic E-state index is -3.44. The van der Waals surface area contributed by atoms with E-state index in [0.29, 0.717) is 37.4 Å². The second kappa shape index (κ2) is 5.60. The third-order valence-corrected chi connectivity index (χ3v) is 6.87. The van der Waals surface area contributed by atoms with Gasteiger partial charge in [-0.05, 0) is 31.9 Å². The van der Waals surface area contributed by atoms with Crippen molar-refractivity contribution in [3.8, 4) is 0 Å². The lowest BCUT2D eigenvalue weighted by molar-refractivity contribution is -0.0445. The first-order valence-electron chi connectivity index (χ1n) is 7.81. The van der Waals surface area contributed by atoms with E-state index >= 15 is 0 Å². The van der Waals surface area contributed by atoms with Gasteiger partial charge in [0.2, 0.25) is 10.0 Å². The van der Waals surface area contributed by atoms with E-state index < -0.39 is 10.0 Å². The van der Waals surface area contributed by atoms with E-state index in [0.717, 1.165) is 23.2 Å². The maximum Gasteiger partial charge on any atom is 0.243 e. The molecule has 1 spiro atoms. The number of sulfonamides is 1. The molecule has 2 heterocycles. The molecule has 0 aromatic heterocycles. The van der Waals surface area contributed by atoms with E-state index in [1.165, 1.54) is 0 Å². The molecule has 22 heavy (non-hydrogen) atoms. The smallest absolute Gasteiger partial charge is 0.243 e. The first-order valence-corrected chi connectivity index (χ1v) is 9.25. The first kappa shape index (κ1) is 15.9. The third-order valence-electron chi connectivity index (χ3n) is 4.66. The Labute approximate surface area is 132 Å². The molecule has 122 valence electrons. The Hall–Kier alpha value is -0.950. The van der Waals surface area contributed by atoms with Crippen molar-refractivity contribution in [2.75, 3.05) is 26.2 Å². The van der Waals surface area contributed by atoms with Gasteiger partial charge < -0.3 is 4.74 Å². The molecule has 0 radical (unpaired) electrons. The van der Waals surface area contributed by atoms with Crippen LogP contribution in [0.3, 0.4) is 0 Å². The fourth-order valence-corrected chi connectivity index (χ4v) is 5.54. The highest BCUT2D eigenvalue weighted by molar-refractivity contribution is 7.89. The third kappa shape index (κ3) is 2.69. The van der Waals surface area contributed by atoms with Gasteiger partial charge in [0.1, 0.15) is 5.72 Å². The summed E-state index contributed by atoms with van der Waals surface area (Å²) >= 11 is 0. The van der Waals surface area contributed by atoms with Gasteiger partial charge in [-0.25, -0.2) is 8.42 Å². The number of nitrogens with one attached hydrogen (secondary N) is 1. The lowest BCUT2D eigenvalue weighted by Gasteiger charge is -2.38. The highest BCUT2D eigenvalue weighted by Crippen LogP contribution is 2.31. The maximum absolute atomic E-state index is 13.0. The Balaban J connectivity index is 1.86. The molecule has 0 unspecified atom stereocenters. The molecule has 5 nitrogen and oxygen atoms in total. The molecule has 3 rings (SSSR count). The molecule has 2 fully saturated rings. The summed E-state index contributed by atoms with van der Waals surface area (Å²) in [5, 5.41) is 3.37. The molecular weight excluding hydrogens is 300 g/mol. The molecule has 0 saturated carbocycles. The van der Waals surface area contributed by atoms with Crippen LogP contribution < -0.4 is 5.32 Å². The van der Waals surface area contributed by atoms with Crippen molar-refractivity contribution in [1.29, 1.82) is 0 Å². The van der Waals surface area contributed by atoms with Crippen LogP contribution in [0.5, 0.6) is 0 Å². The minimum Gasteiger partial charge on any atom is -0.359 e. The van der Waals surface area contributed by atoms with Crippen LogP contribution in [0.1, 0.15) is 29.5 Å². The highest BCUT2D eigenvalue weighted by atomic mass is 32.2. The van der Waals surface area contributed by atoms with Crippen molar-refractivity contribution in [2.24, 2.45) is 0 Å². The number of piperidine rings is 1. The zero-order valence-electron chi connectivity index (χ0n) is 13.5. The second-order valence-corrected chi connectivity index (χ2v) is 8.28. The van der Waals surface area contributed by atoms with Gasteiger partial charge in [0.05, 0.1) is 11.5 Å². The lowest BCUT2D eigenvalue weighted by Crippen LogP contribution is -2.52. The monoisotopic (exact) mass is 324 g/mol. The summed E-state index contributed by atoms with van der Waals surface area (Å²) in [7, 11) is -3.44. The van der Waals surface area contributed by atoms with Crippen molar-refractivity contribution in [3.63, 3.8) is 0 Å². The van der Waals surface area contributed by atoms with Gasteiger partial charge in [-0.15, -0.1) is 0 Å². The Bertz CT molecular complexity index is 646. The molecule has 0 amide bonds. The Morgan fingerprint density at radius 2 is 1.73 bits per heavy atom. The Morgan fingerprint density at radius 3 is 2.23 bits per heavy atom. The van der Waals surface area contributed by atoms with Gasteiger partial charge >= 0.3 is 0 Å². The van der Waals surface area contributed by atoms with Gasteiger partial charge in [-0.2, -0.15) is 4.31 Å². The van der Waals surface area contributed by atoms with Crippen LogP contribution in [0.15, 0.2) is 17.0 Å². The number of hydrogen-bond donors (Lipinski definition) is 1. The highest BCUT2D eigenvalue weighted by Gasteiger charge is 2.41. The molecule has 1 N–H and O–H groups in total. The van der Waals surface area contributed by atoms with E-state index in [9.17, 15) is 8.42 Å². The first-order chi connectivity index (χ1) is 10.3. The Kier molecular flexibility index (Phi) is 4.05. The number of ether oxygens (including phenoxy) is 1. The van der Waals surface area contributed by atoms with Crippen molar-refractivity contribution < 1.29 is 13.2 Å². The summed E-state index contributed by atoms with van der Waals surface area (Å²) in [6.07, 6.45) is 1.41. The molecule has 2 aliphatic heterocycles. The average molecular weight is 324 g/mol. The van der Waals surface area contributed by atoms with Crippen LogP contribution in [0.4, 0.5) is 0 Å². The van der Waals surface area contributed by atoms with Gasteiger partial charge in [0.25, 0.3) is 0 Å². The van der Waals surface area contributed by atoms with Crippen molar-refractivity contribution in [3.05, 3.63) is 28.8 Å². The number of aryl methyl sites for hydroxylation is 3. The molecule has 2 saturated heterocycles. The summed E-state index contributed by atoms with van der Waals surface area (Å²) in [4.78, 5) is 0.467. The average Bonchev–Trinajstić information content (AvgIpc) is 2.86. The van der Waals surface area contributed by atoms with Gasteiger partial charge in [0.15, 0.2) is 0 Å². The van der Waals surface area contributed by atoms with E-state index in [1.807, 2.05) is 32.9 Å². The fourth-order valence-electron chi connectivity index (χ4n) is 3.69. The molecule has 0 bridgehead atoms. The predicted molar refractivity (Wildman–Crippen MR) is 85.3 cm³/mol. The summed E-state index contributed by atoms with van der Waals surface area (Å²) in [5.41, 5.74) is 2.44. The van der Waals surface area contributed by atoms with Crippen LogP contribution in [-0.4, -0.2) is 44.7 Å². The number of hydrogen-bond acceptors (Lipinski definition) is 4. The Morgan fingerprint density at radius 1 is 1.14 bits per heavy atom. The maximum atomic E-state index is 13.0. The van der Waals surface area contributed by atoms with Crippen LogP contribution in [0.2, 0.25) is 0 Å². The summed E-state index contributed by atoms with van der Waals surface area (Å²) < 4.78 is 33.4. The molecule has 1 aromatic rings. The number of benzene rings is 1. The van der Waals surface area contributed by atoms with Gasteiger partial charge in [0, 0.05) is 32.5 Å². The van der Waals surface area contributed by atoms with Crippen LogP contribution in [0.25, 0.3) is 0 Å². The molecule has 6 heteroatoms. The summed E-state index contributed by atoms with van der Waals surface area (Å²) in [6, 6.07) is 3.87. The van der Waals surface area contributed by atoms with Gasteiger partial charge in [-0.3, -0.25) is 5.32 Å². The van der Waals surface area contributed by atoms with E-state index in [1.54, 1.807) is 4.31 Å². The predicted octanol–water partition coefficient (Wildman–Crippen LogP) is 1.71. The van der Waals surface area contributed by atoms with Crippen LogP contribution in [0, 0.1) is 20.8 Å². The zero-order chi connectivity index (χ0) is 16.0. The SMILES string of the molecule is Cc1cc(C)c(S(=O)(=O)N2CCC3(CC2)NCCO3)c(C)c1. The molecule has 2 aliphatic rings. The molecule has 0 atom stereocenters. The van der Waals surface area contributed by atoms with E-state index in [4.69, 9.17) is 4.74 Å². The molecule has 0 aliphatic carbocycles. The largest absolute Gasteiger partial charge is 0.359 e. The topological polar surface area (TPSA) is 58.6 Å². The standard InChI is InChI=1S/C16H24N2O3S/c1-12-10-13(2)15(14(3)11-12)22(19,20)18-7-4-16(5-8-18)17-6-9-21-16/h10-11,17H,4-9H2,1-3H3. The molecule has 1 aromatic carbocycles. The van der Waals surface area contributed by atoms with Crippen LogP contribution >= 0.6 is 0 Å².